The summed E-state index contributed by atoms with van der Waals surface area (Å²) in [6, 6.07) is 5.85. The predicted octanol–water partition coefficient (Wildman–Crippen LogP) is 1.58. The Balaban J connectivity index is 2.49. The number of rotatable bonds is 10. The minimum Gasteiger partial charge on any atom is -0.493 e. The molecule has 5 heteroatoms. The maximum Gasteiger partial charge on any atom is 0.165 e. The second-order valence-corrected chi connectivity index (χ2v) is 4.46. The smallest absolute Gasteiger partial charge is 0.165 e. The summed E-state index contributed by atoms with van der Waals surface area (Å²) in [7, 11) is 3.23. The standard InChI is InChI=1S/C15H25NO4/c1-4-20-14-7-5-6-12(15(14)19-3)10-16-9-8-13(17)11-18-2/h5-7,13,16-17H,4,8-11H2,1-3H3. The van der Waals surface area contributed by atoms with E-state index in [4.69, 9.17) is 14.2 Å². The van der Waals surface area contributed by atoms with Crippen LogP contribution in [0.2, 0.25) is 0 Å². The first-order valence-corrected chi connectivity index (χ1v) is 6.89. The van der Waals surface area contributed by atoms with Crippen LogP contribution in [0.5, 0.6) is 11.5 Å². The fourth-order valence-electron chi connectivity index (χ4n) is 1.97. The van der Waals surface area contributed by atoms with Crippen LogP contribution in [0.1, 0.15) is 18.9 Å². The van der Waals surface area contributed by atoms with E-state index in [-0.39, 0.29) is 0 Å². The Morgan fingerprint density at radius 2 is 2.10 bits per heavy atom. The van der Waals surface area contributed by atoms with Gasteiger partial charge in [0.25, 0.3) is 0 Å². The highest BCUT2D eigenvalue weighted by molar-refractivity contribution is 5.46. The molecule has 0 saturated carbocycles. The second-order valence-electron chi connectivity index (χ2n) is 4.46. The van der Waals surface area contributed by atoms with Gasteiger partial charge in [0, 0.05) is 19.2 Å². The van der Waals surface area contributed by atoms with E-state index in [0.29, 0.717) is 32.7 Å². The molecule has 1 rings (SSSR count). The minimum absolute atomic E-state index is 0.366. The lowest BCUT2D eigenvalue weighted by molar-refractivity contribution is 0.0594. The molecule has 0 radical (unpaired) electrons. The Hall–Kier alpha value is -1.30. The predicted molar refractivity (Wildman–Crippen MR) is 78.4 cm³/mol. The first-order valence-electron chi connectivity index (χ1n) is 6.89. The summed E-state index contributed by atoms with van der Waals surface area (Å²) in [5.41, 5.74) is 1.04. The Kier molecular flexibility index (Phi) is 8.02. The molecule has 0 aliphatic rings. The number of benzene rings is 1. The number of hydrogen-bond donors (Lipinski definition) is 2. The van der Waals surface area contributed by atoms with Gasteiger partial charge >= 0.3 is 0 Å². The summed E-state index contributed by atoms with van der Waals surface area (Å²) >= 11 is 0. The van der Waals surface area contributed by atoms with Gasteiger partial charge in [0.1, 0.15) is 0 Å². The van der Waals surface area contributed by atoms with Crippen molar-refractivity contribution in [1.82, 2.24) is 5.32 Å². The minimum atomic E-state index is -0.427. The van der Waals surface area contributed by atoms with Gasteiger partial charge in [-0.2, -0.15) is 0 Å². The highest BCUT2D eigenvalue weighted by atomic mass is 16.5. The molecule has 1 atom stereocenters. The number of methoxy groups -OCH3 is 2. The molecule has 0 aliphatic carbocycles. The van der Waals surface area contributed by atoms with Crippen LogP contribution in [0.25, 0.3) is 0 Å². The molecule has 1 aromatic carbocycles. The Labute approximate surface area is 120 Å². The van der Waals surface area contributed by atoms with Gasteiger partial charge < -0.3 is 24.6 Å². The zero-order valence-corrected chi connectivity index (χ0v) is 12.5. The SMILES string of the molecule is CCOc1cccc(CNCCC(O)COC)c1OC. The van der Waals surface area contributed by atoms with Gasteiger partial charge in [0.05, 0.1) is 26.4 Å². The van der Waals surface area contributed by atoms with Crippen LogP contribution in [0.4, 0.5) is 0 Å². The average molecular weight is 283 g/mol. The molecule has 1 aromatic rings. The topological polar surface area (TPSA) is 60.0 Å². The van der Waals surface area contributed by atoms with Crippen LogP contribution in [0.15, 0.2) is 18.2 Å². The molecule has 114 valence electrons. The van der Waals surface area contributed by atoms with Crippen molar-refractivity contribution in [2.24, 2.45) is 0 Å². The van der Waals surface area contributed by atoms with Gasteiger partial charge in [-0.05, 0) is 26.0 Å². The summed E-state index contributed by atoms with van der Waals surface area (Å²) in [5, 5.41) is 12.8. The van der Waals surface area contributed by atoms with Gasteiger partial charge in [0.2, 0.25) is 0 Å². The molecule has 0 heterocycles. The van der Waals surface area contributed by atoms with Crippen molar-refractivity contribution in [3.05, 3.63) is 23.8 Å². The second kappa shape index (κ2) is 9.58. The molecule has 2 N–H and O–H groups in total. The Bertz CT molecular complexity index is 384. The number of aliphatic hydroxyl groups excluding tert-OH is 1. The highest BCUT2D eigenvalue weighted by Gasteiger charge is 2.09. The number of ether oxygens (including phenoxy) is 3. The summed E-state index contributed by atoms with van der Waals surface area (Å²) in [6.45, 7) is 4.30. The third-order valence-electron chi connectivity index (χ3n) is 2.89. The lowest BCUT2D eigenvalue weighted by Gasteiger charge is -2.15. The van der Waals surface area contributed by atoms with Gasteiger partial charge in [-0.15, -0.1) is 0 Å². The number of nitrogens with one attached hydrogen (secondary N) is 1. The maximum absolute atomic E-state index is 9.55. The molecule has 20 heavy (non-hydrogen) atoms. The van der Waals surface area contributed by atoms with E-state index in [1.54, 1.807) is 14.2 Å². The lowest BCUT2D eigenvalue weighted by Crippen LogP contribution is -2.23. The summed E-state index contributed by atoms with van der Waals surface area (Å²) < 4.78 is 15.8. The first kappa shape index (κ1) is 16.8. The molecule has 0 spiro atoms. The van der Waals surface area contributed by atoms with E-state index in [1.807, 2.05) is 25.1 Å². The average Bonchev–Trinajstić information content (AvgIpc) is 2.44. The van der Waals surface area contributed by atoms with Crippen molar-refractivity contribution >= 4 is 0 Å². The Morgan fingerprint density at radius 3 is 2.75 bits per heavy atom. The molecule has 0 saturated heterocycles. The van der Waals surface area contributed by atoms with Crippen molar-refractivity contribution in [2.75, 3.05) is 34.0 Å². The number of hydrogen-bond acceptors (Lipinski definition) is 5. The van der Waals surface area contributed by atoms with E-state index >= 15 is 0 Å². The molecule has 0 aliphatic heterocycles. The fourth-order valence-corrected chi connectivity index (χ4v) is 1.97. The molecule has 0 fully saturated rings. The van der Waals surface area contributed by atoms with Gasteiger partial charge in [-0.25, -0.2) is 0 Å². The van der Waals surface area contributed by atoms with Gasteiger partial charge in [-0.3, -0.25) is 0 Å². The van der Waals surface area contributed by atoms with Crippen LogP contribution in [-0.2, 0) is 11.3 Å². The summed E-state index contributed by atoms with van der Waals surface area (Å²) in [6.07, 6.45) is 0.227. The molecule has 5 nitrogen and oxygen atoms in total. The van der Waals surface area contributed by atoms with Crippen LogP contribution in [0.3, 0.4) is 0 Å². The molecular weight excluding hydrogens is 258 g/mol. The van der Waals surface area contributed by atoms with Gasteiger partial charge in [-0.1, -0.05) is 12.1 Å². The lowest BCUT2D eigenvalue weighted by atomic mass is 10.1. The zero-order chi connectivity index (χ0) is 14.8. The van der Waals surface area contributed by atoms with Crippen molar-refractivity contribution in [2.45, 2.75) is 26.0 Å². The van der Waals surface area contributed by atoms with Crippen LogP contribution in [-0.4, -0.2) is 45.2 Å². The normalized spacial score (nSPS) is 12.2. The van der Waals surface area contributed by atoms with Crippen molar-refractivity contribution in [3.63, 3.8) is 0 Å². The van der Waals surface area contributed by atoms with E-state index in [9.17, 15) is 5.11 Å². The maximum atomic E-state index is 9.55. The number of para-hydroxylation sites is 1. The number of aliphatic hydroxyl groups is 1. The highest BCUT2D eigenvalue weighted by Crippen LogP contribution is 2.30. The third-order valence-corrected chi connectivity index (χ3v) is 2.89. The zero-order valence-electron chi connectivity index (χ0n) is 12.5. The molecule has 0 bridgehead atoms. The van der Waals surface area contributed by atoms with Crippen molar-refractivity contribution < 1.29 is 19.3 Å². The monoisotopic (exact) mass is 283 g/mol. The van der Waals surface area contributed by atoms with Crippen molar-refractivity contribution in [3.8, 4) is 11.5 Å². The molecule has 0 amide bonds. The quantitative estimate of drug-likeness (QED) is 0.638. The van der Waals surface area contributed by atoms with Crippen LogP contribution >= 0.6 is 0 Å². The summed E-state index contributed by atoms with van der Waals surface area (Å²) in [4.78, 5) is 0. The third kappa shape index (κ3) is 5.36. The molecular formula is C15H25NO4. The van der Waals surface area contributed by atoms with E-state index in [0.717, 1.165) is 17.1 Å². The van der Waals surface area contributed by atoms with E-state index < -0.39 is 6.10 Å². The Morgan fingerprint density at radius 1 is 1.30 bits per heavy atom. The largest absolute Gasteiger partial charge is 0.493 e. The van der Waals surface area contributed by atoms with Crippen LogP contribution in [0, 0.1) is 0 Å². The summed E-state index contributed by atoms with van der Waals surface area (Å²) in [5.74, 6) is 1.52. The first-order chi connectivity index (χ1) is 9.72. The fraction of sp³-hybridized carbons (Fsp3) is 0.600. The van der Waals surface area contributed by atoms with E-state index in [1.165, 1.54) is 0 Å². The molecule has 1 unspecified atom stereocenters. The molecule has 0 aromatic heterocycles. The van der Waals surface area contributed by atoms with Crippen LogP contribution < -0.4 is 14.8 Å². The van der Waals surface area contributed by atoms with Gasteiger partial charge in [0.15, 0.2) is 11.5 Å². The van der Waals surface area contributed by atoms with Crippen molar-refractivity contribution in [1.29, 1.82) is 0 Å². The van der Waals surface area contributed by atoms with E-state index in [2.05, 4.69) is 5.32 Å².